The van der Waals surface area contributed by atoms with Crippen LogP contribution in [-0.4, -0.2) is 136 Å². The van der Waals surface area contributed by atoms with Gasteiger partial charge in [0.25, 0.3) is 5.69 Å². The summed E-state index contributed by atoms with van der Waals surface area (Å²) < 4.78 is 0. The Morgan fingerprint density at radius 3 is 1.67 bits per heavy atom. The van der Waals surface area contributed by atoms with Gasteiger partial charge in [0.05, 0.1) is 54.5 Å². The number of hydrogen-bond acceptors (Lipinski definition) is 20. The van der Waals surface area contributed by atoms with E-state index in [0.717, 1.165) is 33.3 Å². The van der Waals surface area contributed by atoms with Crippen LogP contribution in [0.2, 0.25) is 0 Å². The standard InChI is InChI=1S/C62H96N12O14S2/c1-37(2)24-43(61(85)71-49(26-39(5)6)54(79)31-42(17-11-13-23-64)60(84)72-51(32-55(66)80)53(78)30-41(58(67)82)16-10-12-22-63)28-46(75)35-70-59(83)44(36-89-90-57-21-18-45(33-69-57)74(87)88)29-47(76)34-68-56(81)20-19-52(77)50(27-40-14-8-7-9-15-40)73-62(86)48(65)25-38(3)4/h7-9,14-15,18,21,33,37-39,41-44,48-51H,10-13,16-17,19-20,22-32,34-36,63-65H2,1-6H3,(H2,66,80)(H2,67,82)(H,68,81)(H,70,83)(H,71,85)(H,72,84)(H,73,86)/t41-,42-,43-,44+,48+,49+,50+,51+/m1/s1. The van der Waals surface area contributed by atoms with Crippen molar-refractivity contribution in [2.75, 3.05) is 31.9 Å². The Kier molecular flexibility index (Phi) is 37.7. The molecule has 0 spiro atoms. The molecule has 0 bridgehead atoms. The molecular formula is C62H96N12O14S2. The average Bonchev–Trinajstić information content (AvgIpc) is 1.49. The lowest BCUT2D eigenvalue weighted by molar-refractivity contribution is -0.385. The van der Waals surface area contributed by atoms with Crippen molar-refractivity contribution >= 4 is 97.5 Å². The lowest BCUT2D eigenvalue weighted by Crippen LogP contribution is -2.49. The van der Waals surface area contributed by atoms with Crippen LogP contribution in [0.3, 0.4) is 0 Å². The fourth-order valence-electron chi connectivity index (χ4n) is 9.77. The fourth-order valence-corrected chi connectivity index (χ4v) is 12.0. The molecule has 1 aromatic heterocycles. The summed E-state index contributed by atoms with van der Waals surface area (Å²) in [5.41, 5.74) is 29.1. The number of pyridine rings is 1. The highest BCUT2D eigenvalue weighted by molar-refractivity contribution is 8.76. The zero-order chi connectivity index (χ0) is 67.5. The van der Waals surface area contributed by atoms with Crippen molar-refractivity contribution in [2.24, 2.45) is 70.1 Å². The number of benzene rings is 1. The van der Waals surface area contributed by atoms with Crippen molar-refractivity contribution in [1.82, 2.24) is 31.6 Å². The van der Waals surface area contributed by atoms with Gasteiger partial charge in [-0.2, -0.15) is 0 Å². The van der Waals surface area contributed by atoms with Gasteiger partial charge >= 0.3 is 0 Å². The normalized spacial score (nSPS) is 14.0. The number of primary amides is 2. The monoisotopic (exact) mass is 1300 g/mol. The zero-order valence-electron chi connectivity index (χ0n) is 52.8. The van der Waals surface area contributed by atoms with Crippen molar-refractivity contribution < 1.29 is 62.5 Å². The highest BCUT2D eigenvalue weighted by atomic mass is 33.1. The summed E-state index contributed by atoms with van der Waals surface area (Å²) in [6, 6.07) is 7.27. The molecule has 0 fully saturated rings. The van der Waals surface area contributed by atoms with Gasteiger partial charge in [0.2, 0.25) is 41.4 Å². The predicted molar refractivity (Wildman–Crippen MR) is 343 cm³/mol. The van der Waals surface area contributed by atoms with Crippen LogP contribution in [0.25, 0.3) is 0 Å². The lowest BCUT2D eigenvalue weighted by Gasteiger charge is -2.26. The van der Waals surface area contributed by atoms with E-state index in [1.807, 2.05) is 47.6 Å². The van der Waals surface area contributed by atoms with E-state index in [1.54, 1.807) is 24.3 Å². The van der Waals surface area contributed by atoms with Crippen LogP contribution in [0.15, 0.2) is 53.7 Å². The second-order valence-corrected chi connectivity index (χ2v) is 26.4. The van der Waals surface area contributed by atoms with E-state index in [2.05, 4.69) is 31.6 Å². The van der Waals surface area contributed by atoms with Crippen LogP contribution in [-0.2, 0) is 64.0 Å². The third-order valence-electron chi connectivity index (χ3n) is 14.6. The number of rotatable bonds is 49. The van der Waals surface area contributed by atoms with Crippen LogP contribution >= 0.6 is 21.6 Å². The average molecular weight is 1300 g/mol. The van der Waals surface area contributed by atoms with Gasteiger partial charge in [-0.25, -0.2) is 4.98 Å². The first-order chi connectivity index (χ1) is 42.5. The Morgan fingerprint density at radius 1 is 0.567 bits per heavy atom. The van der Waals surface area contributed by atoms with E-state index < -0.39 is 149 Å². The molecule has 0 radical (unpaired) electrons. The molecule has 0 saturated carbocycles. The molecule has 2 aromatic rings. The summed E-state index contributed by atoms with van der Waals surface area (Å²) in [7, 11) is 2.18. The SMILES string of the molecule is CC(C)C[C@H](CC(=O)CNC(=O)[C@H](CSSc1ccc([N+](=O)[O-])cn1)CC(=O)CNC(=O)CCC(=O)[C@H](Cc1ccccc1)NC(=O)[C@@H](N)CC(C)C)C(=O)N[C@@H](CC(C)C)C(=O)C[C@@H](CCCCN)C(=O)N[C@@H](CC(N)=O)C(=O)C[C@@H](CCCCN)C(N)=O. The highest BCUT2D eigenvalue weighted by Crippen LogP contribution is 2.33. The Morgan fingerprint density at radius 2 is 1.11 bits per heavy atom. The number of nitro groups is 1. The maximum Gasteiger partial charge on any atom is 0.287 e. The maximum absolute atomic E-state index is 14.3. The van der Waals surface area contributed by atoms with E-state index in [9.17, 15) is 67.6 Å². The number of carbonyl (C=O) groups is 12. The number of aromatic nitrogens is 1. The second-order valence-electron chi connectivity index (χ2n) is 24.1. The fraction of sp³-hybridized carbons (Fsp3) is 0.629. The molecule has 8 atom stereocenters. The van der Waals surface area contributed by atoms with Gasteiger partial charge in [-0.15, -0.1) is 0 Å². The first-order valence-electron chi connectivity index (χ1n) is 30.8. The molecule has 0 aliphatic rings. The number of ketones is 5. The minimum Gasteiger partial charge on any atom is -0.370 e. The van der Waals surface area contributed by atoms with Crippen LogP contribution in [0.1, 0.15) is 150 Å². The number of nitrogens with one attached hydrogen (secondary N) is 5. The minimum atomic E-state index is -1.42. The van der Waals surface area contributed by atoms with E-state index in [4.69, 9.17) is 28.7 Å². The van der Waals surface area contributed by atoms with Gasteiger partial charge in [-0.3, -0.25) is 67.6 Å². The summed E-state index contributed by atoms with van der Waals surface area (Å²) in [5.74, 6) is -11.8. The van der Waals surface area contributed by atoms with Gasteiger partial charge in [-0.05, 0) is 105 Å². The molecular weight excluding hydrogens is 1200 g/mol. The van der Waals surface area contributed by atoms with Crippen molar-refractivity contribution in [3.8, 4) is 0 Å². The van der Waals surface area contributed by atoms with Crippen molar-refractivity contribution in [3.05, 3.63) is 64.3 Å². The van der Waals surface area contributed by atoms with Crippen molar-refractivity contribution in [1.29, 1.82) is 0 Å². The molecule has 28 heteroatoms. The highest BCUT2D eigenvalue weighted by Gasteiger charge is 2.35. The third kappa shape index (κ3) is 32.6. The Hall–Kier alpha value is -7.01. The van der Waals surface area contributed by atoms with Gasteiger partial charge in [0, 0.05) is 68.1 Å². The molecule has 0 aliphatic heterocycles. The second kappa shape index (κ2) is 42.9. The Labute approximate surface area is 535 Å². The predicted octanol–water partition coefficient (Wildman–Crippen LogP) is 3.39. The molecule has 1 heterocycles. The van der Waals surface area contributed by atoms with E-state index in [0.29, 0.717) is 43.7 Å². The maximum atomic E-state index is 14.3. The molecule has 15 N–H and O–H groups in total. The summed E-state index contributed by atoms with van der Waals surface area (Å²) in [6.07, 6.45) is 1.62. The molecule has 7 amide bonds. The number of nitrogens with two attached hydrogens (primary N) is 5. The number of amides is 7. The van der Waals surface area contributed by atoms with Gasteiger partial charge in [-0.1, -0.05) is 95.5 Å². The molecule has 26 nitrogen and oxygen atoms in total. The Balaban J connectivity index is 2.26. The number of hydrogen-bond donors (Lipinski definition) is 10. The van der Waals surface area contributed by atoms with Crippen molar-refractivity contribution in [3.63, 3.8) is 0 Å². The molecule has 0 saturated heterocycles. The molecule has 0 unspecified atom stereocenters. The van der Waals surface area contributed by atoms with Crippen LogP contribution in [0, 0.1) is 51.5 Å². The van der Waals surface area contributed by atoms with Crippen LogP contribution < -0.4 is 55.3 Å². The molecule has 500 valence electrons. The number of unbranched alkanes of at least 4 members (excludes halogenated alkanes) is 2. The topological polar surface area (TPSA) is 451 Å². The minimum absolute atomic E-state index is 0.0362. The number of nitrogens with zero attached hydrogens (tertiary/aromatic N) is 2. The van der Waals surface area contributed by atoms with E-state index >= 15 is 0 Å². The molecule has 90 heavy (non-hydrogen) atoms. The van der Waals surface area contributed by atoms with Crippen LogP contribution in [0.4, 0.5) is 5.69 Å². The third-order valence-corrected chi connectivity index (χ3v) is 16.9. The summed E-state index contributed by atoms with van der Waals surface area (Å²) in [5, 5.41) is 24.8. The van der Waals surface area contributed by atoms with E-state index in [-0.39, 0.29) is 99.9 Å². The lowest BCUT2D eigenvalue weighted by atomic mass is 9.87. The van der Waals surface area contributed by atoms with E-state index in [1.165, 1.54) is 12.1 Å². The quantitative estimate of drug-likeness (QED) is 0.0196. The Bertz CT molecular complexity index is 2700. The number of carbonyl (C=O) groups excluding carboxylic acids is 12. The van der Waals surface area contributed by atoms with Gasteiger partial charge in [0.1, 0.15) is 11.2 Å². The summed E-state index contributed by atoms with van der Waals surface area (Å²) in [4.78, 5) is 176. The largest absolute Gasteiger partial charge is 0.370 e. The van der Waals surface area contributed by atoms with Crippen LogP contribution in [0.5, 0.6) is 0 Å². The molecule has 1 aromatic carbocycles. The first kappa shape index (κ1) is 79.1. The van der Waals surface area contributed by atoms with Gasteiger partial charge in [0.15, 0.2) is 28.9 Å². The summed E-state index contributed by atoms with van der Waals surface area (Å²) >= 11 is 0. The smallest absolute Gasteiger partial charge is 0.287 e. The summed E-state index contributed by atoms with van der Waals surface area (Å²) in [6.45, 7) is 10.7. The van der Waals surface area contributed by atoms with Crippen molar-refractivity contribution in [2.45, 2.75) is 180 Å². The number of Topliss-reactive ketones (excluding diaryl/α,β-unsaturated/α-hetero) is 5. The molecule has 2 rings (SSSR count). The first-order valence-corrected chi connectivity index (χ1v) is 33.1. The zero-order valence-corrected chi connectivity index (χ0v) is 54.5. The van der Waals surface area contributed by atoms with Gasteiger partial charge < -0.3 is 55.3 Å². The molecule has 0 aliphatic carbocycles.